The van der Waals surface area contributed by atoms with Gasteiger partial charge in [0.1, 0.15) is 0 Å². The van der Waals surface area contributed by atoms with E-state index in [0.29, 0.717) is 0 Å². The number of nitrogens with zero attached hydrogens (tertiary/aromatic N) is 5. The lowest BCUT2D eigenvalue weighted by Crippen LogP contribution is -2.38. The van der Waals surface area contributed by atoms with Crippen molar-refractivity contribution in [1.82, 2.24) is 30.2 Å². The zero-order valence-corrected chi connectivity index (χ0v) is 16.7. The van der Waals surface area contributed by atoms with E-state index in [9.17, 15) is 0 Å². The van der Waals surface area contributed by atoms with Crippen LogP contribution in [0.3, 0.4) is 0 Å². The summed E-state index contributed by atoms with van der Waals surface area (Å²) in [6.07, 6.45) is 10.7. The van der Waals surface area contributed by atoms with Crippen LogP contribution in [0.4, 0.5) is 0 Å². The Hall–Kier alpha value is -3.09. The van der Waals surface area contributed by atoms with Crippen molar-refractivity contribution >= 4 is 5.96 Å². The molecule has 0 spiro atoms. The van der Waals surface area contributed by atoms with Gasteiger partial charge >= 0.3 is 0 Å². The second-order valence-electron chi connectivity index (χ2n) is 6.68. The van der Waals surface area contributed by atoms with Crippen molar-refractivity contribution in [3.05, 3.63) is 66.2 Å². The molecule has 0 radical (unpaired) electrons. The van der Waals surface area contributed by atoms with Crippen molar-refractivity contribution in [2.75, 3.05) is 19.6 Å². The number of aromatic nitrogens is 4. The van der Waals surface area contributed by atoms with Crippen molar-refractivity contribution in [2.45, 2.75) is 26.2 Å². The lowest BCUT2D eigenvalue weighted by atomic mass is 10.1. The van der Waals surface area contributed by atoms with Gasteiger partial charge in [-0.3, -0.25) is 9.67 Å². The average Bonchev–Trinajstić information content (AvgIpc) is 3.38. The first kappa shape index (κ1) is 19.7. The van der Waals surface area contributed by atoms with Gasteiger partial charge in [-0.1, -0.05) is 12.1 Å². The largest absolute Gasteiger partial charge is 0.357 e. The van der Waals surface area contributed by atoms with Gasteiger partial charge in [0, 0.05) is 45.3 Å². The van der Waals surface area contributed by atoms with Crippen LogP contribution in [0.25, 0.3) is 5.69 Å². The number of guanidine groups is 1. The minimum Gasteiger partial charge on any atom is -0.357 e. The summed E-state index contributed by atoms with van der Waals surface area (Å²) >= 11 is 0. The van der Waals surface area contributed by atoms with Crippen molar-refractivity contribution in [3.63, 3.8) is 0 Å². The van der Waals surface area contributed by atoms with E-state index in [0.717, 1.165) is 50.5 Å². The van der Waals surface area contributed by atoms with Crippen molar-refractivity contribution in [3.8, 4) is 5.69 Å². The lowest BCUT2D eigenvalue weighted by molar-refractivity contribution is 0.763. The normalized spacial score (nSPS) is 11.6. The van der Waals surface area contributed by atoms with Gasteiger partial charge in [-0.15, -0.1) is 0 Å². The van der Waals surface area contributed by atoms with Crippen LogP contribution in [0.15, 0.2) is 60.1 Å². The van der Waals surface area contributed by atoms with Gasteiger partial charge in [-0.05, 0) is 55.5 Å². The van der Waals surface area contributed by atoms with E-state index < -0.39 is 0 Å². The molecular weight excluding hydrogens is 350 g/mol. The van der Waals surface area contributed by atoms with Crippen LogP contribution in [-0.2, 0) is 19.9 Å². The summed E-state index contributed by atoms with van der Waals surface area (Å²) in [5, 5.41) is 15.2. The lowest BCUT2D eigenvalue weighted by Gasteiger charge is -2.11. The van der Waals surface area contributed by atoms with E-state index in [1.54, 1.807) is 6.20 Å². The van der Waals surface area contributed by atoms with Gasteiger partial charge < -0.3 is 10.6 Å². The summed E-state index contributed by atoms with van der Waals surface area (Å²) in [4.78, 5) is 4.67. The number of benzene rings is 1. The van der Waals surface area contributed by atoms with Gasteiger partial charge in [0.05, 0.1) is 11.9 Å². The molecule has 0 aliphatic heterocycles. The van der Waals surface area contributed by atoms with Gasteiger partial charge in [-0.2, -0.15) is 10.2 Å². The predicted molar refractivity (Wildman–Crippen MR) is 113 cm³/mol. The van der Waals surface area contributed by atoms with Gasteiger partial charge in [-0.25, -0.2) is 4.68 Å². The van der Waals surface area contributed by atoms with Gasteiger partial charge in [0.15, 0.2) is 5.96 Å². The molecule has 0 aliphatic carbocycles. The van der Waals surface area contributed by atoms with E-state index in [1.165, 1.54) is 11.1 Å². The molecule has 3 rings (SSSR count). The third-order valence-electron chi connectivity index (χ3n) is 4.41. The molecule has 1 aromatic carbocycles. The van der Waals surface area contributed by atoms with Crippen LogP contribution in [0.2, 0.25) is 0 Å². The monoisotopic (exact) mass is 379 g/mol. The van der Waals surface area contributed by atoms with Crippen LogP contribution < -0.4 is 10.6 Å². The standard InChI is InChI=1S/C21H29N7/c1-3-22-21(23-12-4-6-19-16-26-27(2)17-19)24-14-11-18-7-9-20(10-8-18)28-15-5-13-25-28/h5,7-10,13,15-17H,3-4,6,11-12,14H2,1-2H3,(H2,22,23,24). The van der Waals surface area contributed by atoms with E-state index in [1.807, 2.05) is 34.9 Å². The molecule has 0 amide bonds. The number of aliphatic imine (C=N–C) groups is 1. The Morgan fingerprint density at radius 1 is 1.07 bits per heavy atom. The molecule has 7 heteroatoms. The van der Waals surface area contributed by atoms with Crippen molar-refractivity contribution in [1.29, 1.82) is 0 Å². The Kier molecular flexibility index (Phi) is 7.23. The summed E-state index contributed by atoms with van der Waals surface area (Å²) in [5.41, 5.74) is 3.62. The first-order chi connectivity index (χ1) is 13.7. The van der Waals surface area contributed by atoms with Crippen LogP contribution in [-0.4, -0.2) is 45.2 Å². The summed E-state index contributed by atoms with van der Waals surface area (Å²) in [6.45, 7) is 4.58. The first-order valence-electron chi connectivity index (χ1n) is 9.83. The maximum Gasteiger partial charge on any atom is 0.191 e. The van der Waals surface area contributed by atoms with E-state index >= 15 is 0 Å². The highest BCUT2D eigenvalue weighted by atomic mass is 15.3. The Morgan fingerprint density at radius 3 is 2.61 bits per heavy atom. The number of aryl methyl sites for hydroxylation is 2. The fourth-order valence-electron chi connectivity index (χ4n) is 2.98. The number of nitrogens with one attached hydrogen (secondary N) is 2. The first-order valence-corrected chi connectivity index (χ1v) is 9.83. The Labute approximate surface area is 166 Å². The molecule has 2 aromatic heterocycles. The summed E-state index contributed by atoms with van der Waals surface area (Å²) in [7, 11) is 1.94. The molecule has 7 nitrogen and oxygen atoms in total. The molecule has 0 bridgehead atoms. The maximum atomic E-state index is 4.67. The Balaban J connectivity index is 1.42. The second kappa shape index (κ2) is 10.3. The third-order valence-corrected chi connectivity index (χ3v) is 4.41. The smallest absolute Gasteiger partial charge is 0.191 e. The van der Waals surface area contributed by atoms with Crippen LogP contribution >= 0.6 is 0 Å². The minimum absolute atomic E-state index is 0.794. The molecule has 2 N–H and O–H groups in total. The topological polar surface area (TPSA) is 72.1 Å². The number of hydrogen-bond donors (Lipinski definition) is 2. The van der Waals surface area contributed by atoms with E-state index in [-0.39, 0.29) is 0 Å². The fourth-order valence-corrected chi connectivity index (χ4v) is 2.98. The molecule has 28 heavy (non-hydrogen) atoms. The highest BCUT2D eigenvalue weighted by Gasteiger charge is 2.01. The molecule has 0 fully saturated rings. The highest BCUT2D eigenvalue weighted by Crippen LogP contribution is 2.08. The molecule has 0 atom stereocenters. The van der Waals surface area contributed by atoms with E-state index in [2.05, 4.69) is 63.2 Å². The van der Waals surface area contributed by atoms with Gasteiger partial charge in [0.2, 0.25) is 0 Å². The number of rotatable bonds is 9. The van der Waals surface area contributed by atoms with Crippen LogP contribution in [0.5, 0.6) is 0 Å². The molecule has 0 aliphatic rings. The summed E-state index contributed by atoms with van der Waals surface area (Å²) in [6, 6.07) is 10.4. The Morgan fingerprint density at radius 2 is 1.93 bits per heavy atom. The molecule has 2 heterocycles. The van der Waals surface area contributed by atoms with E-state index in [4.69, 9.17) is 0 Å². The molecule has 0 saturated heterocycles. The summed E-state index contributed by atoms with van der Waals surface area (Å²) in [5.74, 6) is 0.877. The van der Waals surface area contributed by atoms with Gasteiger partial charge in [0.25, 0.3) is 0 Å². The van der Waals surface area contributed by atoms with Crippen molar-refractivity contribution in [2.24, 2.45) is 12.0 Å². The Bertz CT molecular complexity index is 847. The van der Waals surface area contributed by atoms with Crippen LogP contribution in [0, 0.1) is 0 Å². The minimum atomic E-state index is 0.794. The molecular formula is C21H29N7. The SMILES string of the molecule is CCNC(=NCCCc1cnn(C)c1)NCCc1ccc(-n2cccn2)cc1. The molecule has 0 saturated carbocycles. The summed E-state index contributed by atoms with van der Waals surface area (Å²) < 4.78 is 3.70. The van der Waals surface area contributed by atoms with Crippen LogP contribution in [0.1, 0.15) is 24.5 Å². The molecule has 148 valence electrons. The average molecular weight is 380 g/mol. The fraction of sp³-hybridized carbons (Fsp3) is 0.381. The second-order valence-corrected chi connectivity index (χ2v) is 6.68. The maximum absolute atomic E-state index is 4.67. The predicted octanol–water partition coefficient (Wildman–Crippen LogP) is 2.34. The molecule has 3 aromatic rings. The zero-order chi connectivity index (χ0) is 19.6. The highest BCUT2D eigenvalue weighted by molar-refractivity contribution is 5.79. The third kappa shape index (κ3) is 5.97. The quantitative estimate of drug-likeness (QED) is 0.340. The zero-order valence-electron chi connectivity index (χ0n) is 16.7. The number of hydrogen-bond acceptors (Lipinski definition) is 3. The molecule has 0 unspecified atom stereocenters. The van der Waals surface area contributed by atoms with Crippen molar-refractivity contribution < 1.29 is 0 Å².